The lowest BCUT2D eigenvalue weighted by Crippen LogP contribution is -2.32. The monoisotopic (exact) mass is 275 g/mol. The maximum atomic E-state index is 12.1. The van der Waals surface area contributed by atoms with E-state index in [2.05, 4.69) is 5.32 Å². The van der Waals surface area contributed by atoms with Gasteiger partial charge in [0.25, 0.3) is 5.69 Å². The molecule has 2 heterocycles. The van der Waals surface area contributed by atoms with Crippen molar-refractivity contribution in [2.75, 3.05) is 13.6 Å². The fraction of sp³-hybridized carbons (Fsp3) is 0.385. The first kappa shape index (κ1) is 12.7. The fourth-order valence-electron chi connectivity index (χ4n) is 3.01. The number of nitrogens with one attached hydrogen (secondary N) is 1. The van der Waals surface area contributed by atoms with E-state index in [1.807, 2.05) is 0 Å². The average molecular weight is 275 g/mol. The van der Waals surface area contributed by atoms with Gasteiger partial charge in [0, 0.05) is 31.8 Å². The lowest BCUT2D eigenvalue weighted by atomic mass is 9.89. The maximum Gasteiger partial charge on any atom is 0.269 e. The summed E-state index contributed by atoms with van der Waals surface area (Å²) < 4.78 is 0. The first-order chi connectivity index (χ1) is 9.50. The summed E-state index contributed by atoms with van der Waals surface area (Å²) in [5.41, 5.74) is 0.800. The zero-order chi connectivity index (χ0) is 14.4. The van der Waals surface area contributed by atoms with Gasteiger partial charge in [0.15, 0.2) is 0 Å². The topological polar surface area (TPSA) is 92.6 Å². The van der Waals surface area contributed by atoms with Crippen molar-refractivity contribution in [1.82, 2.24) is 10.2 Å². The number of hydrogen-bond donors (Lipinski definition) is 1. The molecule has 0 aromatic heterocycles. The predicted molar refractivity (Wildman–Crippen MR) is 68.6 cm³/mol. The smallest absolute Gasteiger partial charge is 0.269 e. The Morgan fingerprint density at radius 3 is 2.50 bits per heavy atom. The van der Waals surface area contributed by atoms with Gasteiger partial charge in [0.2, 0.25) is 11.8 Å². The van der Waals surface area contributed by atoms with Crippen molar-refractivity contribution in [2.45, 2.75) is 6.04 Å². The predicted octanol–water partition coefficient (Wildman–Crippen LogP) is 0.470. The minimum Gasteiger partial charge on any atom is -0.308 e. The lowest BCUT2D eigenvalue weighted by Gasteiger charge is -2.17. The van der Waals surface area contributed by atoms with Gasteiger partial charge in [-0.3, -0.25) is 24.6 Å². The summed E-state index contributed by atoms with van der Waals surface area (Å²) >= 11 is 0. The van der Waals surface area contributed by atoms with E-state index in [-0.39, 0.29) is 29.5 Å². The highest BCUT2D eigenvalue weighted by Gasteiger charge is 2.53. The number of carbonyl (C=O) groups is 2. The van der Waals surface area contributed by atoms with E-state index in [1.165, 1.54) is 24.1 Å². The van der Waals surface area contributed by atoms with Crippen LogP contribution >= 0.6 is 0 Å². The van der Waals surface area contributed by atoms with Crippen molar-refractivity contribution in [1.29, 1.82) is 0 Å². The van der Waals surface area contributed by atoms with Crippen LogP contribution in [0.25, 0.3) is 0 Å². The zero-order valence-corrected chi connectivity index (χ0v) is 10.8. The van der Waals surface area contributed by atoms with Crippen molar-refractivity contribution >= 4 is 17.5 Å². The summed E-state index contributed by atoms with van der Waals surface area (Å²) in [7, 11) is 1.50. The Labute approximate surface area is 114 Å². The molecule has 2 aliphatic heterocycles. The molecule has 0 radical (unpaired) electrons. The van der Waals surface area contributed by atoms with E-state index in [0.717, 1.165) is 5.56 Å². The number of nitrogens with zero attached hydrogens (tertiary/aromatic N) is 2. The Morgan fingerprint density at radius 2 is 1.90 bits per heavy atom. The first-order valence-electron chi connectivity index (χ1n) is 6.30. The molecule has 2 fully saturated rings. The van der Waals surface area contributed by atoms with Crippen LogP contribution in [-0.2, 0) is 9.59 Å². The quantitative estimate of drug-likeness (QED) is 0.481. The van der Waals surface area contributed by atoms with Gasteiger partial charge in [-0.2, -0.15) is 0 Å². The third-order valence-electron chi connectivity index (χ3n) is 4.08. The van der Waals surface area contributed by atoms with Crippen LogP contribution in [0.1, 0.15) is 11.6 Å². The molecule has 0 aliphatic carbocycles. The van der Waals surface area contributed by atoms with Crippen LogP contribution in [0.2, 0.25) is 0 Å². The van der Waals surface area contributed by atoms with E-state index >= 15 is 0 Å². The minimum absolute atomic E-state index is 0.00856. The maximum absolute atomic E-state index is 12.1. The average Bonchev–Trinajstić information content (AvgIpc) is 2.96. The summed E-state index contributed by atoms with van der Waals surface area (Å²) in [5, 5.41) is 13.8. The highest BCUT2D eigenvalue weighted by molar-refractivity contribution is 6.05. The van der Waals surface area contributed by atoms with Crippen LogP contribution in [0.3, 0.4) is 0 Å². The van der Waals surface area contributed by atoms with Gasteiger partial charge in [-0.1, -0.05) is 12.1 Å². The number of non-ortho nitro benzene ring substituents is 1. The molecule has 0 saturated carbocycles. The fourth-order valence-corrected chi connectivity index (χ4v) is 3.01. The number of imide groups is 1. The highest BCUT2D eigenvalue weighted by Crippen LogP contribution is 2.40. The van der Waals surface area contributed by atoms with Crippen molar-refractivity contribution < 1.29 is 14.5 Å². The minimum atomic E-state index is -0.466. The lowest BCUT2D eigenvalue weighted by molar-refractivity contribution is -0.384. The van der Waals surface area contributed by atoms with Gasteiger partial charge in [-0.25, -0.2) is 0 Å². The van der Waals surface area contributed by atoms with Gasteiger partial charge in [0.1, 0.15) is 0 Å². The van der Waals surface area contributed by atoms with E-state index in [9.17, 15) is 19.7 Å². The number of nitro benzene ring substituents is 1. The molecule has 7 heteroatoms. The van der Waals surface area contributed by atoms with Crippen molar-refractivity contribution in [2.24, 2.45) is 11.8 Å². The Balaban J connectivity index is 1.90. The summed E-state index contributed by atoms with van der Waals surface area (Å²) in [6, 6.07) is 5.83. The molecule has 3 atom stereocenters. The van der Waals surface area contributed by atoms with E-state index < -0.39 is 10.8 Å². The number of carbonyl (C=O) groups excluding carboxylic acids is 2. The molecule has 2 aliphatic rings. The number of benzene rings is 1. The summed E-state index contributed by atoms with van der Waals surface area (Å²) in [6.45, 7) is 0.460. The standard InChI is InChI=1S/C13H13N3O4/c1-15-12(17)9-6-14-11(10(9)13(15)18)7-2-4-8(5-3-7)16(19)20/h2-5,9-11,14H,6H2,1H3/t9-,10-,11?/m0/s1. The Morgan fingerprint density at radius 1 is 1.25 bits per heavy atom. The molecule has 1 N–H and O–H groups in total. The molecule has 7 nitrogen and oxygen atoms in total. The number of fused-ring (bicyclic) bond motifs is 1. The molecule has 2 saturated heterocycles. The van der Waals surface area contributed by atoms with Crippen LogP contribution in [-0.4, -0.2) is 35.2 Å². The second-order valence-corrected chi connectivity index (χ2v) is 5.10. The Bertz CT molecular complexity index is 598. The normalized spacial score (nSPS) is 28.9. The van der Waals surface area contributed by atoms with E-state index in [4.69, 9.17) is 0 Å². The van der Waals surface area contributed by atoms with Crippen molar-refractivity contribution in [3.63, 3.8) is 0 Å². The van der Waals surface area contributed by atoms with Crippen LogP contribution in [0.4, 0.5) is 5.69 Å². The van der Waals surface area contributed by atoms with Gasteiger partial charge in [0.05, 0.1) is 16.8 Å². The molecule has 3 rings (SSSR count). The number of hydrogen-bond acceptors (Lipinski definition) is 5. The molecule has 20 heavy (non-hydrogen) atoms. The van der Waals surface area contributed by atoms with Crippen molar-refractivity contribution in [3.05, 3.63) is 39.9 Å². The van der Waals surface area contributed by atoms with Gasteiger partial charge >= 0.3 is 0 Å². The van der Waals surface area contributed by atoms with Crippen LogP contribution in [0.5, 0.6) is 0 Å². The summed E-state index contributed by atoms with van der Waals surface area (Å²) in [6.07, 6.45) is 0. The molecule has 1 unspecified atom stereocenters. The number of rotatable bonds is 2. The molecule has 0 spiro atoms. The molecule has 1 aromatic rings. The van der Waals surface area contributed by atoms with E-state index in [1.54, 1.807) is 12.1 Å². The van der Waals surface area contributed by atoms with Gasteiger partial charge < -0.3 is 5.32 Å². The second-order valence-electron chi connectivity index (χ2n) is 5.10. The van der Waals surface area contributed by atoms with Crippen molar-refractivity contribution in [3.8, 4) is 0 Å². The molecular weight excluding hydrogens is 262 g/mol. The highest BCUT2D eigenvalue weighted by atomic mass is 16.6. The Hall–Kier alpha value is -2.28. The van der Waals surface area contributed by atoms with Crippen LogP contribution in [0, 0.1) is 22.0 Å². The first-order valence-corrected chi connectivity index (χ1v) is 6.30. The number of amides is 2. The van der Waals surface area contributed by atoms with E-state index in [0.29, 0.717) is 6.54 Å². The molecule has 104 valence electrons. The summed E-state index contributed by atoms with van der Waals surface area (Å²) in [5.74, 6) is -1.08. The number of likely N-dealkylation sites (tertiary alicyclic amines) is 1. The molecule has 0 bridgehead atoms. The van der Waals surface area contributed by atoms with Gasteiger partial charge in [-0.05, 0) is 5.56 Å². The number of nitro groups is 1. The molecule has 2 amide bonds. The third kappa shape index (κ3) is 1.70. The zero-order valence-electron chi connectivity index (χ0n) is 10.8. The van der Waals surface area contributed by atoms with Crippen LogP contribution < -0.4 is 5.32 Å². The molecule has 1 aromatic carbocycles. The SMILES string of the molecule is CN1C(=O)[C@H]2CNC(c3ccc([N+](=O)[O-])cc3)[C@H]2C1=O. The Kier molecular flexibility index (Phi) is 2.79. The summed E-state index contributed by atoms with van der Waals surface area (Å²) in [4.78, 5) is 35.4. The third-order valence-corrected chi connectivity index (χ3v) is 4.08. The van der Waals surface area contributed by atoms with Crippen LogP contribution in [0.15, 0.2) is 24.3 Å². The second kappa shape index (κ2) is 4.38. The largest absolute Gasteiger partial charge is 0.308 e. The van der Waals surface area contributed by atoms with Gasteiger partial charge in [-0.15, -0.1) is 0 Å². The molecular formula is C13H13N3O4.